The number of hydrogen-bond acceptors (Lipinski definition) is 3. The van der Waals surface area contributed by atoms with Crippen molar-refractivity contribution in [3.8, 4) is 11.5 Å². The van der Waals surface area contributed by atoms with Crippen molar-refractivity contribution in [3.63, 3.8) is 0 Å². The van der Waals surface area contributed by atoms with Crippen LogP contribution in [0.3, 0.4) is 0 Å². The lowest BCUT2D eigenvalue weighted by molar-refractivity contribution is -0.131. The number of carbonyl (C=O) groups is 1. The molecule has 1 fully saturated rings. The van der Waals surface area contributed by atoms with Gasteiger partial charge in [-0.2, -0.15) is 0 Å². The molecule has 1 aliphatic rings. The Kier molecular flexibility index (Phi) is 5.34. The first kappa shape index (κ1) is 16.0. The highest BCUT2D eigenvalue weighted by molar-refractivity contribution is 6.18. The van der Waals surface area contributed by atoms with Crippen LogP contribution < -0.4 is 9.47 Å². The van der Waals surface area contributed by atoms with E-state index >= 15 is 0 Å². The molecule has 0 aromatic heterocycles. The molecule has 2 atom stereocenters. The maximum atomic E-state index is 12.5. The average Bonchev–Trinajstić information content (AvgIpc) is 2.87. The summed E-state index contributed by atoms with van der Waals surface area (Å²) in [5.41, 5.74) is 0.922. The Morgan fingerprint density at radius 3 is 2.67 bits per heavy atom. The molecule has 5 heteroatoms. The van der Waals surface area contributed by atoms with Gasteiger partial charge in [-0.1, -0.05) is 13.0 Å². The van der Waals surface area contributed by atoms with E-state index in [1.807, 2.05) is 23.1 Å². The Balaban J connectivity index is 2.09. The molecular weight excluding hydrogens is 290 g/mol. The molecule has 116 valence electrons. The quantitative estimate of drug-likeness (QED) is 0.785. The van der Waals surface area contributed by atoms with Crippen LogP contribution in [0, 0.1) is 5.92 Å². The number of rotatable bonds is 5. The molecule has 0 radical (unpaired) electrons. The van der Waals surface area contributed by atoms with Crippen LogP contribution in [-0.2, 0) is 11.2 Å². The highest BCUT2D eigenvalue weighted by Gasteiger charge is 2.33. The fourth-order valence-corrected chi connectivity index (χ4v) is 3.29. The van der Waals surface area contributed by atoms with E-state index in [0.29, 0.717) is 29.7 Å². The van der Waals surface area contributed by atoms with Gasteiger partial charge in [-0.25, -0.2) is 0 Å². The third-order valence-corrected chi connectivity index (χ3v) is 4.48. The largest absolute Gasteiger partial charge is 0.493 e. The molecule has 0 spiro atoms. The number of nitrogens with zero attached hydrogens (tertiary/aromatic N) is 1. The molecule has 1 aromatic carbocycles. The van der Waals surface area contributed by atoms with Crippen LogP contribution in [-0.4, -0.2) is 43.5 Å². The Hall–Kier alpha value is -1.42. The number of hydrogen-bond donors (Lipinski definition) is 0. The van der Waals surface area contributed by atoms with Gasteiger partial charge in [-0.15, -0.1) is 11.6 Å². The highest BCUT2D eigenvalue weighted by Crippen LogP contribution is 2.29. The third kappa shape index (κ3) is 3.43. The van der Waals surface area contributed by atoms with Crippen LogP contribution in [0.2, 0.25) is 0 Å². The zero-order chi connectivity index (χ0) is 15.4. The Bertz CT molecular complexity index is 506. The predicted octanol–water partition coefficient (Wildman–Crippen LogP) is 2.72. The van der Waals surface area contributed by atoms with Crippen molar-refractivity contribution in [1.29, 1.82) is 0 Å². The lowest BCUT2D eigenvalue weighted by Crippen LogP contribution is -2.39. The minimum Gasteiger partial charge on any atom is -0.493 e. The Labute approximate surface area is 131 Å². The molecule has 1 saturated heterocycles. The Morgan fingerprint density at radius 2 is 2.05 bits per heavy atom. The minimum atomic E-state index is 0.122. The van der Waals surface area contributed by atoms with Crippen molar-refractivity contribution in [2.24, 2.45) is 5.92 Å². The maximum absolute atomic E-state index is 12.5. The smallest absolute Gasteiger partial charge is 0.227 e. The van der Waals surface area contributed by atoms with E-state index in [0.717, 1.165) is 18.5 Å². The topological polar surface area (TPSA) is 38.8 Å². The first-order valence-corrected chi connectivity index (χ1v) is 7.70. The molecule has 0 aliphatic carbocycles. The predicted molar refractivity (Wildman–Crippen MR) is 83.3 cm³/mol. The molecule has 21 heavy (non-hydrogen) atoms. The third-order valence-electron chi connectivity index (χ3n) is 4.16. The second-order valence-corrected chi connectivity index (χ2v) is 5.75. The molecule has 2 rings (SSSR count). The number of amides is 1. The standard InChI is InChI=1S/C16H22ClNO3/c1-11-6-7-18(13(11)10-17)16(19)9-12-4-5-14(20-2)15(8-12)21-3/h4-5,8,11,13H,6-7,9-10H2,1-3H3. The van der Waals surface area contributed by atoms with Crippen LogP contribution in [0.4, 0.5) is 0 Å². The van der Waals surface area contributed by atoms with E-state index in [1.165, 1.54) is 0 Å². The first-order valence-electron chi connectivity index (χ1n) is 7.17. The van der Waals surface area contributed by atoms with E-state index in [1.54, 1.807) is 14.2 Å². The summed E-state index contributed by atoms with van der Waals surface area (Å²) in [4.78, 5) is 14.4. The molecule has 0 saturated carbocycles. The monoisotopic (exact) mass is 311 g/mol. The lowest BCUT2D eigenvalue weighted by atomic mass is 10.0. The summed E-state index contributed by atoms with van der Waals surface area (Å²) in [5, 5.41) is 0. The van der Waals surface area contributed by atoms with Gasteiger partial charge in [0.05, 0.1) is 20.6 Å². The second-order valence-electron chi connectivity index (χ2n) is 5.44. The summed E-state index contributed by atoms with van der Waals surface area (Å²) in [6, 6.07) is 5.73. The number of methoxy groups -OCH3 is 2. The number of alkyl halides is 1. The van der Waals surface area contributed by atoms with Crippen molar-refractivity contribution in [1.82, 2.24) is 4.90 Å². The Morgan fingerprint density at radius 1 is 1.33 bits per heavy atom. The van der Waals surface area contributed by atoms with E-state index in [2.05, 4.69) is 6.92 Å². The molecular formula is C16H22ClNO3. The van der Waals surface area contributed by atoms with Gasteiger partial charge in [0, 0.05) is 18.5 Å². The molecule has 1 aromatic rings. The molecule has 2 unspecified atom stereocenters. The van der Waals surface area contributed by atoms with E-state index in [9.17, 15) is 4.79 Å². The summed E-state index contributed by atoms with van der Waals surface area (Å²) < 4.78 is 10.5. The molecule has 1 amide bonds. The van der Waals surface area contributed by atoms with Gasteiger partial charge < -0.3 is 14.4 Å². The molecule has 4 nitrogen and oxygen atoms in total. The minimum absolute atomic E-state index is 0.122. The number of ether oxygens (including phenoxy) is 2. The van der Waals surface area contributed by atoms with Crippen molar-refractivity contribution in [2.75, 3.05) is 26.6 Å². The van der Waals surface area contributed by atoms with E-state index in [-0.39, 0.29) is 11.9 Å². The van der Waals surface area contributed by atoms with Crippen LogP contribution in [0.15, 0.2) is 18.2 Å². The molecule has 0 bridgehead atoms. The SMILES string of the molecule is COc1ccc(CC(=O)N2CCC(C)C2CCl)cc1OC. The van der Waals surface area contributed by atoms with E-state index in [4.69, 9.17) is 21.1 Å². The summed E-state index contributed by atoms with van der Waals surface area (Å²) in [6.45, 7) is 2.95. The second kappa shape index (κ2) is 7.03. The van der Waals surface area contributed by atoms with Gasteiger partial charge in [-0.3, -0.25) is 4.79 Å². The fourth-order valence-electron chi connectivity index (χ4n) is 2.82. The summed E-state index contributed by atoms with van der Waals surface area (Å²) in [6.07, 6.45) is 1.38. The average molecular weight is 312 g/mol. The number of benzene rings is 1. The van der Waals surface area contributed by atoms with Crippen LogP contribution in [0.1, 0.15) is 18.9 Å². The first-order chi connectivity index (χ1) is 10.1. The summed E-state index contributed by atoms with van der Waals surface area (Å²) in [7, 11) is 3.19. The molecule has 1 aliphatic heterocycles. The van der Waals surface area contributed by atoms with Gasteiger partial charge in [0.25, 0.3) is 0 Å². The normalized spacial score (nSPS) is 21.4. The fraction of sp³-hybridized carbons (Fsp3) is 0.562. The zero-order valence-corrected chi connectivity index (χ0v) is 13.5. The molecule has 0 N–H and O–H groups in total. The van der Waals surface area contributed by atoms with Crippen molar-refractivity contribution in [3.05, 3.63) is 23.8 Å². The van der Waals surface area contributed by atoms with Gasteiger partial charge in [0.2, 0.25) is 5.91 Å². The van der Waals surface area contributed by atoms with Crippen molar-refractivity contribution < 1.29 is 14.3 Å². The number of halogens is 1. The lowest BCUT2D eigenvalue weighted by Gasteiger charge is -2.25. The summed E-state index contributed by atoms with van der Waals surface area (Å²) in [5.74, 6) is 2.40. The maximum Gasteiger partial charge on any atom is 0.227 e. The number of likely N-dealkylation sites (tertiary alicyclic amines) is 1. The molecule has 1 heterocycles. The highest BCUT2D eigenvalue weighted by atomic mass is 35.5. The van der Waals surface area contributed by atoms with Gasteiger partial charge in [0.1, 0.15) is 0 Å². The van der Waals surface area contributed by atoms with Gasteiger partial charge >= 0.3 is 0 Å². The van der Waals surface area contributed by atoms with Crippen molar-refractivity contribution >= 4 is 17.5 Å². The van der Waals surface area contributed by atoms with Crippen LogP contribution in [0.5, 0.6) is 11.5 Å². The number of carbonyl (C=O) groups excluding carboxylic acids is 1. The van der Waals surface area contributed by atoms with Gasteiger partial charge in [0.15, 0.2) is 11.5 Å². The van der Waals surface area contributed by atoms with Crippen molar-refractivity contribution in [2.45, 2.75) is 25.8 Å². The van der Waals surface area contributed by atoms with Crippen LogP contribution >= 0.6 is 11.6 Å². The van der Waals surface area contributed by atoms with Crippen LogP contribution in [0.25, 0.3) is 0 Å². The van der Waals surface area contributed by atoms with E-state index < -0.39 is 0 Å². The van der Waals surface area contributed by atoms with Gasteiger partial charge in [-0.05, 0) is 30.0 Å². The summed E-state index contributed by atoms with van der Waals surface area (Å²) >= 11 is 6.00. The zero-order valence-electron chi connectivity index (χ0n) is 12.8.